The lowest BCUT2D eigenvalue weighted by molar-refractivity contribution is -0.134. The van der Waals surface area contributed by atoms with E-state index in [1.807, 2.05) is 0 Å². The molecule has 1 aliphatic rings. The highest BCUT2D eigenvalue weighted by molar-refractivity contribution is 6.76. The number of nitrogens with one attached hydrogen (secondary N) is 4. The highest BCUT2D eigenvalue weighted by Crippen LogP contribution is 2.21. The minimum atomic E-state index is -1.19. The Labute approximate surface area is 219 Å². The summed E-state index contributed by atoms with van der Waals surface area (Å²) in [5, 5.41) is 17.2. The number of anilines is 1. The van der Waals surface area contributed by atoms with E-state index in [0.717, 1.165) is 31.7 Å². The van der Waals surface area contributed by atoms with E-state index in [4.69, 9.17) is 14.9 Å². The second-order valence-electron chi connectivity index (χ2n) is 10.3. The van der Waals surface area contributed by atoms with Crippen LogP contribution in [-0.4, -0.2) is 61.7 Å². The quantitative estimate of drug-likeness (QED) is 0.105. The van der Waals surface area contributed by atoms with Crippen molar-refractivity contribution in [1.82, 2.24) is 20.6 Å². The molecule has 0 unspecified atom stereocenters. The zero-order valence-electron chi connectivity index (χ0n) is 22.1. The molecule has 10 nitrogen and oxygen atoms in total. The lowest BCUT2D eigenvalue weighted by Gasteiger charge is -2.15. The number of nitrogens with zero attached hydrogens (tertiary/aromatic N) is 2. The zero-order chi connectivity index (χ0) is 26.8. The Kier molecular flexibility index (Phi) is 10.2. The third-order valence-corrected chi connectivity index (χ3v) is 7.66. The molecular weight excluding hydrogens is 488 g/mol. The van der Waals surface area contributed by atoms with Gasteiger partial charge in [-0.2, -0.15) is 0 Å². The fraction of sp³-hybridized carbons (Fsp3) is 0.500. The molecule has 0 aromatic carbocycles. The number of hydrogen-bond acceptors (Lipinski definition) is 8. The number of ether oxygens (including phenoxy) is 2. The number of rotatable bonds is 12. The van der Waals surface area contributed by atoms with Crippen LogP contribution in [0.15, 0.2) is 30.6 Å². The lowest BCUT2D eigenvalue weighted by Crippen LogP contribution is -2.36. The van der Waals surface area contributed by atoms with Crippen molar-refractivity contribution in [2.24, 2.45) is 0 Å². The van der Waals surface area contributed by atoms with Crippen LogP contribution in [0.4, 0.5) is 10.6 Å². The molecule has 1 aliphatic carbocycles. The van der Waals surface area contributed by atoms with Crippen LogP contribution in [0.1, 0.15) is 38.2 Å². The number of amides is 2. The molecule has 2 aromatic rings. The van der Waals surface area contributed by atoms with Crippen LogP contribution in [0.25, 0.3) is 16.6 Å². The van der Waals surface area contributed by atoms with Crippen molar-refractivity contribution in [1.29, 1.82) is 5.41 Å². The Hall–Kier alpha value is -3.31. The molecular formula is C26H38N6O4Si. The first-order valence-electron chi connectivity index (χ1n) is 12.8. The molecule has 1 fully saturated rings. The van der Waals surface area contributed by atoms with Gasteiger partial charge in [-0.25, -0.2) is 14.6 Å². The number of urea groups is 1. The molecule has 0 aliphatic heterocycles. The molecule has 200 valence electrons. The van der Waals surface area contributed by atoms with Gasteiger partial charge in [0, 0.05) is 44.3 Å². The molecule has 37 heavy (non-hydrogen) atoms. The molecule has 3 rings (SSSR count). The normalized spacial score (nSPS) is 14.4. The summed E-state index contributed by atoms with van der Waals surface area (Å²) >= 11 is 0. The molecule has 2 amide bonds. The molecule has 2 heterocycles. The van der Waals surface area contributed by atoms with Gasteiger partial charge >= 0.3 is 12.0 Å². The first-order valence-corrected chi connectivity index (χ1v) is 16.5. The van der Waals surface area contributed by atoms with Crippen LogP contribution < -0.4 is 16.0 Å². The maximum atomic E-state index is 12.4. The number of carbonyl (C=O) groups excluding carboxylic acids is 2. The van der Waals surface area contributed by atoms with Crippen molar-refractivity contribution >= 4 is 48.2 Å². The lowest BCUT2D eigenvalue weighted by atomic mass is 10.0. The fourth-order valence-corrected chi connectivity index (χ4v) is 4.65. The first-order chi connectivity index (χ1) is 17.7. The van der Waals surface area contributed by atoms with Crippen molar-refractivity contribution < 1.29 is 19.1 Å². The maximum Gasteiger partial charge on any atom is 0.356 e. The summed E-state index contributed by atoms with van der Waals surface area (Å²) in [6, 6.07) is 6.14. The Bertz CT molecular complexity index is 1140. The third-order valence-electron chi connectivity index (χ3n) is 5.96. The predicted octanol–water partition coefficient (Wildman–Crippen LogP) is 4.52. The summed E-state index contributed by atoms with van der Waals surface area (Å²) in [6.07, 6.45) is 7.38. The monoisotopic (exact) mass is 526 g/mol. The van der Waals surface area contributed by atoms with Gasteiger partial charge in [0.05, 0.1) is 17.6 Å². The van der Waals surface area contributed by atoms with Crippen molar-refractivity contribution in [2.45, 2.75) is 64.3 Å². The van der Waals surface area contributed by atoms with E-state index in [-0.39, 0.29) is 31.1 Å². The molecule has 0 bridgehead atoms. The molecule has 0 spiro atoms. The van der Waals surface area contributed by atoms with Gasteiger partial charge in [0.2, 0.25) is 0 Å². The summed E-state index contributed by atoms with van der Waals surface area (Å²) < 4.78 is 10.7. The topological polar surface area (TPSA) is 138 Å². The van der Waals surface area contributed by atoms with Crippen LogP contribution in [0.3, 0.4) is 0 Å². The summed E-state index contributed by atoms with van der Waals surface area (Å²) in [4.78, 5) is 33.7. The Balaban J connectivity index is 1.76. The number of carbonyl (C=O) groups is 2. The Morgan fingerprint density at radius 1 is 1.19 bits per heavy atom. The van der Waals surface area contributed by atoms with Crippen LogP contribution in [0.5, 0.6) is 0 Å². The van der Waals surface area contributed by atoms with Gasteiger partial charge < -0.3 is 20.1 Å². The minimum absolute atomic E-state index is 0.164. The van der Waals surface area contributed by atoms with Crippen LogP contribution >= 0.6 is 0 Å². The molecule has 0 atom stereocenters. The molecule has 0 saturated heterocycles. The SMILES string of the molecule is CCOC(=O)C(=N)/C(=C\NCOCC[Si](C)(C)C)c1cnc2ccc(NC(=O)NC3CCCC3)nc2c1. The van der Waals surface area contributed by atoms with Gasteiger partial charge in [-0.1, -0.05) is 32.5 Å². The summed E-state index contributed by atoms with van der Waals surface area (Å²) in [6.45, 7) is 9.60. The van der Waals surface area contributed by atoms with E-state index >= 15 is 0 Å². The number of pyridine rings is 2. The smallest absolute Gasteiger partial charge is 0.356 e. The summed E-state index contributed by atoms with van der Waals surface area (Å²) in [5.74, 6) is -0.343. The zero-order valence-corrected chi connectivity index (χ0v) is 23.1. The van der Waals surface area contributed by atoms with Gasteiger partial charge in [-0.05, 0) is 44.0 Å². The van der Waals surface area contributed by atoms with E-state index in [9.17, 15) is 9.59 Å². The van der Waals surface area contributed by atoms with Crippen molar-refractivity contribution in [3.63, 3.8) is 0 Å². The number of hydrogen-bond donors (Lipinski definition) is 4. The van der Waals surface area contributed by atoms with Crippen LogP contribution in [0.2, 0.25) is 25.7 Å². The van der Waals surface area contributed by atoms with E-state index in [2.05, 4.69) is 45.6 Å². The third kappa shape index (κ3) is 8.94. The van der Waals surface area contributed by atoms with Gasteiger partial charge in [0.25, 0.3) is 0 Å². The fourth-order valence-electron chi connectivity index (χ4n) is 3.90. The summed E-state index contributed by atoms with van der Waals surface area (Å²) in [5.41, 5.74) is 1.66. The molecule has 1 saturated carbocycles. The van der Waals surface area contributed by atoms with E-state index in [1.54, 1.807) is 37.5 Å². The molecule has 0 radical (unpaired) electrons. The second kappa shape index (κ2) is 13.3. The van der Waals surface area contributed by atoms with Gasteiger partial charge in [-0.15, -0.1) is 0 Å². The largest absolute Gasteiger partial charge is 0.461 e. The Morgan fingerprint density at radius 2 is 1.95 bits per heavy atom. The molecule has 2 aromatic heterocycles. The molecule has 11 heteroatoms. The number of fused-ring (bicyclic) bond motifs is 1. The molecule has 4 N–H and O–H groups in total. The van der Waals surface area contributed by atoms with Crippen molar-refractivity contribution in [2.75, 3.05) is 25.3 Å². The summed E-state index contributed by atoms with van der Waals surface area (Å²) in [7, 11) is -1.19. The van der Waals surface area contributed by atoms with E-state index < -0.39 is 14.0 Å². The minimum Gasteiger partial charge on any atom is -0.461 e. The number of aromatic nitrogens is 2. The van der Waals surface area contributed by atoms with Gasteiger partial charge in [0.1, 0.15) is 18.3 Å². The maximum absolute atomic E-state index is 12.4. The van der Waals surface area contributed by atoms with Gasteiger partial charge in [-0.3, -0.25) is 15.7 Å². The van der Waals surface area contributed by atoms with Crippen molar-refractivity contribution in [3.8, 4) is 0 Å². The van der Waals surface area contributed by atoms with Gasteiger partial charge in [0.15, 0.2) is 0 Å². The average Bonchev–Trinajstić information content (AvgIpc) is 3.35. The van der Waals surface area contributed by atoms with Crippen LogP contribution in [-0.2, 0) is 14.3 Å². The predicted molar refractivity (Wildman–Crippen MR) is 148 cm³/mol. The van der Waals surface area contributed by atoms with Crippen LogP contribution in [0, 0.1) is 5.41 Å². The highest BCUT2D eigenvalue weighted by Gasteiger charge is 2.20. The standard InChI is InChI=1S/C26H38N6O4Si/c1-5-36-25(33)24(27)20(16-28-17-35-12-13-37(2,3)4)18-14-22-21(29-15-18)10-11-23(31-22)32-26(34)30-19-8-6-7-9-19/h10-11,14-16,19,27-28H,5-9,12-13,17H2,1-4H3,(H2,30,31,32,34)/b20-16-,27-24?. The number of esters is 1. The van der Waals surface area contributed by atoms with Crippen molar-refractivity contribution in [3.05, 3.63) is 36.2 Å². The average molecular weight is 527 g/mol. The first kappa shape index (κ1) is 28.3. The second-order valence-corrected chi connectivity index (χ2v) is 15.9. The van der Waals surface area contributed by atoms with E-state index in [1.165, 1.54) is 0 Å². The Morgan fingerprint density at radius 3 is 2.65 bits per heavy atom. The van der Waals surface area contributed by atoms with E-state index in [0.29, 0.717) is 34.6 Å². The highest BCUT2D eigenvalue weighted by atomic mass is 28.3.